The van der Waals surface area contributed by atoms with E-state index in [1.165, 1.54) is 16.9 Å². The van der Waals surface area contributed by atoms with Gasteiger partial charge in [0.25, 0.3) is 5.91 Å². The van der Waals surface area contributed by atoms with Gasteiger partial charge in [-0.1, -0.05) is 42.0 Å². The zero-order valence-electron chi connectivity index (χ0n) is 17.3. The first-order valence-corrected chi connectivity index (χ1v) is 11.1. The lowest BCUT2D eigenvalue weighted by molar-refractivity contribution is 0.0503. The fourth-order valence-corrected chi connectivity index (χ4v) is 4.41. The molecule has 5 nitrogen and oxygen atoms in total. The molecule has 0 radical (unpaired) electrons. The SMILES string of the molecule is COc1cccc(CN(CC2CCCO2)C(=O)c2csc(-c3ccc(C)cc3)n2)c1. The average molecular weight is 423 g/mol. The van der Waals surface area contributed by atoms with Crippen molar-refractivity contribution in [2.75, 3.05) is 20.3 Å². The molecule has 4 rings (SSSR count). The third kappa shape index (κ3) is 4.89. The van der Waals surface area contributed by atoms with Crippen molar-refractivity contribution in [2.24, 2.45) is 0 Å². The first-order chi connectivity index (χ1) is 14.6. The molecule has 1 unspecified atom stereocenters. The van der Waals surface area contributed by atoms with Gasteiger partial charge in [0, 0.05) is 30.6 Å². The number of nitrogens with zero attached hydrogens (tertiary/aromatic N) is 2. The Hall–Kier alpha value is -2.70. The Bertz CT molecular complexity index is 994. The third-order valence-electron chi connectivity index (χ3n) is 5.26. The molecule has 30 heavy (non-hydrogen) atoms. The molecule has 0 saturated carbocycles. The van der Waals surface area contributed by atoms with Crippen molar-refractivity contribution < 1.29 is 14.3 Å². The molecule has 1 amide bonds. The van der Waals surface area contributed by atoms with Crippen LogP contribution in [0, 0.1) is 6.92 Å². The van der Waals surface area contributed by atoms with Crippen LogP contribution in [0.4, 0.5) is 0 Å². The summed E-state index contributed by atoms with van der Waals surface area (Å²) >= 11 is 1.50. The molecule has 1 atom stereocenters. The van der Waals surface area contributed by atoms with Gasteiger partial charge in [-0.15, -0.1) is 11.3 Å². The average Bonchev–Trinajstić information content (AvgIpc) is 3.46. The molecule has 1 aliphatic rings. The molecule has 0 aliphatic carbocycles. The lowest BCUT2D eigenvalue weighted by atomic mass is 10.1. The van der Waals surface area contributed by atoms with E-state index in [2.05, 4.69) is 24.0 Å². The van der Waals surface area contributed by atoms with E-state index in [9.17, 15) is 4.79 Å². The fraction of sp³-hybridized carbons (Fsp3) is 0.333. The Kier molecular flexibility index (Phi) is 6.45. The van der Waals surface area contributed by atoms with E-state index in [1.807, 2.05) is 46.7 Å². The number of aromatic nitrogens is 1. The van der Waals surface area contributed by atoms with E-state index in [0.29, 0.717) is 18.8 Å². The van der Waals surface area contributed by atoms with Crippen molar-refractivity contribution in [2.45, 2.75) is 32.4 Å². The van der Waals surface area contributed by atoms with E-state index in [0.717, 1.165) is 41.3 Å². The highest BCUT2D eigenvalue weighted by atomic mass is 32.1. The molecule has 1 aromatic heterocycles. The molecule has 6 heteroatoms. The lowest BCUT2D eigenvalue weighted by Crippen LogP contribution is -2.37. The number of amides is 1. The predicted molar refractivity (Wildman–Crippen MR) is 119 cm³/mol. The van der Waals surface area contributed by atoms with Crippen molar-refractivity contribution >= 4 is 17.2 Å². The van der Waals surface area contributed by atoms with Crippen molar-refractivity contribution in [3.63, 3.8) is 0 Å². The number of carbonyl (C=O) groups excluding carboxylic acids is 1. The summed E-state index contributed by atoms with van der Waals surface area (Å²) in [6, 6.07) is 16.0. The quantitative estimate of drug-likeness (QED) is 0.541. The summed E-state index contributed by atoms with van der Waals surface area (Å²) in [5.74, 6) is 0.718. The molecule has 1 aliphatic heterocycles. The van der Waals surface area contributed by atoms with Gasteiger partial charge in [-0.25, -0.2) is 4.98 Å². The highest BCUT2D eigenvalue weighted by Crippen LogP contribution is 2.26. The number of carbonyl (C=O) groups is 1. The summed E-state index contributed by atoms with van der Waals surface area (Å²) in [6.45, 7) is 3.88. The summed E-state index contributed by atoms with van der Waals surface area (Å²) in [5.41, 5.74) is 3.74. The maximum Gasteiger partial charge on any atom is 0.273 e. The van der Waals surface area contributed by atoms with Crippen LogP contribution in [-0.2, 0) is 11.3 Å². The summed E-state index contributed by atoms with van der Waals surface area (Å²) in [5, 5.41) is 2.71. The number of benzene rings is 2. The van der Waals surface area contributed by atoms with Crippen LogP contribution in [-0.4, -0.2) is 42.2 Å². The van der Waals surface area contributed by atoms with Crippen molar-refractivity contribution in [1.82, 2.24) is 9.88 Å². The van der Waals surface area contributed by atoms with Gasteiger partial charge in [-0.05, 0) is 37.5 Å². The molecule has 1 saturated heterocycles. The topological polar surface area (TPSA) is 51.7 Å². The molecule has 0 spiro atoms. The molecule has 156 valence electrons. The second-order valence-electron chi connectivity index (χ2n) is 7.58. The van der Waals surface area contributed by atoms with Crippen molar-refractivity contribution in [3.05, 3.63) is 70.7 Å². The van der Waals surface area contributed by atoms with Crippen LogP contribution in [0.1, 0.15) is 34.5 Å². The molecule has 0 bridgehead atoms. The normalized spacial score (nSPS) is 15.9. The van der Waals surface area contributed by atoms with Gasteiger partial charge in [-0.3, -0.25) is 4.79 Å². The largest absolute Gasteiger partial charge is 0.497 e. The van der Waals surface area contributed by atoms with Gasteiger partial charge in [0.15, 0.2) is 0 Å². The molecule has 2 aromatic carbocycles. The number of thiazole rings is 1. The van der Waals surface area contributed by atoms with E-state index >= 15 is 0 Å². The third-order valence-corrected chi connectivity index (χ3v) is 6.16. The van der Waals surface area contributed by atoms with Crippen LogP contribution < -0.4 is 4.74 Å². The Labute approximate surface area is 181 Å². The van der Waals surface area contributed by atoms with E-state index in [-0.39, 0.29) is 12.0 Å². The number of aryl methyl sites for hydroxylation is 1. The molecular formula is C24H26N2O3S. The minimum absolute atomic E-state index is 0.0667. The van der Waals surface area contributed by atoms with E-state index in [1.54, 1.807) is 7.11 Å². The summed E-state index contributed by atoms with van der Waals surface area (Å²) in [4.78, 5) is 19.9. The van der Waals surface area contributed by atoms with Gasteiger partial charge in [-0.2, -0.15) is 0 Å². The van der Waals surface area contributed by atoms with Crippen LogP contribution in [0.3, 0.4) is 0 Å². The number of ether oxygens (including phenoxy) is 2. The van der Waals surface area contributed by atoms with Crippen LogP contribution >= 0.6 is 11.3 Å². The zero-order chi connectivity index (χ0) is 20.9. The van der Waals surface area contributed by atoms with Crippen LogP contribution in [0.2, 0.25) is 0 Å². The Morgan fingerprint density at radius 3 is 2.83 bits per heavy atom. The van der Waals surface area contributed by atoms with Gasteiger partial charge in [0.2, 0.25) is 0 Å². The predicted octanol–water partition coefficient (Wildman–Crippen LogP) is 4.95. The van der Waals surface area contributed by atoms with Crippen molar-refractivity contribution in [1.29, 1.82) is 0 Å². The van der Waals surface area contributed by atoms with Gasteiger partial charge in [0.1, 0.15) is 16.5 Å². The molecule has 2 heterocycles. The van der Waals surface area contributed by atoms with E-state index in [4.69, 9.17) is 9.47 Å². The Balaban J connectivity index is 1.56. The summed E-state index contributed by atoms with van der Waals surface area (Å²) in [6.07, 6.45) is 2.10. The molecular weight excluding hydrogens is 396 g/mol. The van der Waals surface area contributed by atoms with Gasteiger partial charge in [0.05, 0.1) is 13.2 Å². The molecule has 1 fully saturated rings. The Morgan fingerprint density at radius 2 is 2.10 bits per heavy atom. The van der Waals surface area contributed by atoms with Crippen molar-refractivity contribution in [3.8, 4) is 16.3 Å². The second kappa shape index (κ2) is 9.41. The first-order valence-electron chi connectivity index (χ1n) is 10.2. The minimum Gasteiger partial charge on any atom is -0.497 e. The smallest absolute Gasteiger partial charge is 0.273 e. The number of methoxy groups -OCH3 is 1. The monoisotopic (exact) mass is 422 g/mol. The fourth-order valence-electron chi connectivity index (χ4n) is 3.61. The molecule has 0 N–H and O–H groups in total. The lowest BCUT2D eigenvalue weighted by Gasteiger charge is -2.25. The number of hydrogen-bond acceptors (Lipinski definition) is 5. The van der Waals surface area contributed by atoms with Gasteiger partial charge >= 0.3 is 0 Å². The van der Waals surface area contributed by atoms with Crippen LogP contribution in [0.5, 0.6) is 5.75 Å². The maximum absolute atomic E-state index is 13.4. The van der Waals surface area contributed by atoms with Crippen LogP contribution in [0.15, 0.2) is 53.9 Å². The summed E-state index contributed by atoms with van der Waals surface area (Å²) < 4.78 is 11.1. The van der Waals surface area contributed by atoms with Crippen LogP contribution in [0.25, 0.3) is 10.6 Å². The number of rotatable bonds is 7. The highest BCUT2D eigenvalue weighted by Gasteiger charge is 2.25. The standard InChI is InChI=1S/C24H26N2O3S/c1-17-8-10-19(11-9-17)23-25-22(16-30-23)24(27)26(15-21-7-4-12-29-21)14-18-5-3-6-20(13-18)28-2/h3,5-6,8-11,13,16,21H,4,7,12,14-15H2,1-2H3. The highest BCUT2D eigenvalue weighted by molar-refractivity contribution is 7.13. The first kappa shape index (κ1) is 20.6. The molecule has 3 aromatic rings. The Morgan fingerprint density at radius 1 is 1.27 bits per heavy atom. The van der Waals surface area contributed by atoms with Gasteiger partial charge < -0.3 is 14.4 Å². The summed E-state index contributed by atoms with van der Waals surface area (Å²) in [7, 11) is 1.65. The maximum atomic E-state index is 13.4. The number of hydrogen-bond donors (Lipinski definition) is 0. The zero-order valence-corrected chi connectivity index (χ0v) is 18.2. The second-order valence-corrected chi connectivity index (χ2v) is 8.43. The van der Waals surface area contributed by atoms with E-state index < -0.39 is 0 Å². The minimum atomic E-state index is -0.0667.